The molecule has 0 fully saturated rings. The molecule has 0 aliphatic heterocycles. The van der Waals surface area contributed by atoms with Crippen LogP contribution in [0.2, 0.25) is 0 Å². The van der Waals surface area contributed by atoms with Gasteiger partial charge >= 0.3 is 0 Å². The van der Waals surface area contributed by atoms with Gasteiger partial charge in [0.25, 0.3) is 5.91 Å². The summed E-state index contributed by atoms with van der Waals surface area (Å²) in [5, 5.41) is 4.16. The minimum absolute atomic E-state index is 0.241. The number of aromatic amines is 1. The second kappa shape index (κ2) is 10.1. The number of hydrogen-bond donors (Lipinski definition) is 2. The summed E-state index contributed by atoms with van der Waals surface area (Å²) in [7, 11) is -0.722. The first-order valence-electron chi connectivity index (χ1n) is 13.1. The lowest BCUT2D eigenvalue weighted by Crippen LogP contribution is -2.25. The number of hydrogen-bond acceptors (Lipinski definition) is 5. The molecule has 6 aromatic rings. The summed E-state index contributed by atoms with van der Waals surface area (Å²) in [6.45, 7) is 1.94. The van der Waals surface area contributed by atoms with Crippen LogP contribution in [0.25, 0.3) is 55.8 Å². The van der Waals surface area contributed by atoms with E-state index in [0.717, 1.165) is 32.7 Å². The Morgan fingerprint density at radius 2 is 1.71 bits per heavy atom. The van der Waals surface area contributed by atoms with Crippen molar-refractivity contribution in [2.24, 2.45) is 0 Å². The average Bonchev–Trinajstić information content (AvgIpc) is 3.57. The number of carbonyl (C=O) groups excluding carboxylic acids is 1. The summed E-state index contributed by atoms with van der Waals surface area (Å²) in [5.41, 5.74) is 5.76. The molecule has 42 heavy (non-hydrogen) atoms. The zero-order valence-electron chi connectivity index (χ0n) is 23.3. The highest BCUT2D eigenvalue weighted by atomic mass is 32.2. The molecule has 212 valence electrons. The van der Waals surface area contributed by atoms with Crippen LogP contribution in [0.3, 0.4) is 0 Å². The summed E-state index contributed by atoms with van der Waals surface area (Å²) in [5.74, 6) is -0.586. The Bertz CT molecular complexity index is 2080. The van der Waals surface area contributed by atoms with E-state index in [-0.39, 0.29) is 11.3 Å². The highest BCUT2D eigenvalue weighted by Crippen LogP contribution is 2.41. The highest BCUT2D eigenvalue weighted by Gasteiger charge is 2.26. The fraction of sp³-hybridized carbons (Fsp3) is 0.125. The molecule has 3 aromatic heterocycles. The monoisotopic (exact) mass is 582 g/mol. The number of pyridine rings is 1. The number of carbonyl (C=O) groups is 1. The second-order valence-corrected chi connectivity index (χ2v) is 12.2. The number of fused-ring (bicyclic) bond motifs is 2. The number of anilines is 1. The van der Waals surface area contributed by atoms with Gasteiger partial charge in [0.15, 0.2) is 0 Å². The van der Waals surface area contributed by atoms with E-state index in [4.69, 9.17) is 9.40 Å². The predicted molar refractivity (Wildman–Crippen MR) is 164 cm³/mol. The molecule has 0 radical (unpaired) electrons. The van der Waals surface area contributed by atoms with Gasteiger partial charge in [0, 0.05) is 47.6 Å². The van der Waals surface area contributed by atoms with Crippen molar-refractivity contribution in [1.29, 1.82) is 0 Å². The first kappa shape index (κ1) is 27.2. The Balaban J connectivity index is 1.63. The molecule has 0 aliphatic carbocycles. The number of nitrogens with zero attached hydrogens (tertiary/aromatic N) is 2. The molecule has 0 saturated carbocycles. The molecule has 3 heterocycles. The van der Waals surface area contributed by atoms with E-state index in [9.17, 15) is 17.6 Å². The van der Waals surface area contributed by atoms with Crippen molar-refractivity contribution < 1.29 is 22.0 Å². The van der Waals surface area contributed by atoms with Crippen molar-refractivity contribution in [2.75, 3.05) is 24.7 Å². The van der Waals surface area contributed by atoms with Gasteiger partial charge in [-0.15, -0.1) is 0 Å². The van der Waals surface area contributed by atoms with Gasteiger partial charge in [0.05, 0.1) is 34.6 Å². The molecule has 1 amide bonds. The Morgan fingerprint density at radius 3 is 2.40 bits per heavy atom. The third-order valence-corrected chi connectivity index (χ3v) is 8.45. The van der Waals surface area contributed by atoms with Crippen LogP contribution in [0.1, 0.15) is 15.9 Å². The molecule has 8 nitrogen and oxygen atoms in total. The molecule has 0 saturated heterocycles. The first-order valence-corrected chi connectivity index (χ1v) is 15.0. The SMILES string of the molecule is CNC(=O)c1c(-c2ccc(F)cc2)oc2cc(N(C)S(C)(=O)=O)c(-c3cc(C)cc(-c4cc5ccccc5[nH]4)n3)cc12. The van der Waals surface area contributed by atoms with Crippen LogP contribution in [-0.4, -0.2) is 44.6 Å². The molecule has 0 aliphatic rings. The van der Waals surface area contributed by atoms with Crippen LogP contribution < -0.4 is 9.62 Å². The van der Waals surface area contributed by atoms with Crippen molar-refractivity contribution >= 4 is 43.5 Å². The van der Waals surface area contributed by atoms with Crippen molar-refractivity contribution in [3.8, 4) is 34.0 Å². The minimum Gasteiger partial charge on any atom is -0.455 e. The number of rotatable bonds is 6. The molecule has 0 bridgehead atoms. The Hall–Kier alpha value is -4.96. The van der Waals surface area contributed by atoms with Crippen molar-refractivity contribution in [3.05, 3.63) is 95.8 Å². The van der Waals surface area contributed by atoms with Crippen molar-refractivity contribution in [2.45, 2.75) is 6.92 Å². The van der Waals surface area contributed by atoms with Gasteiger partial charge in [0.1, 0.15) is 17.2 Å². The Morgan fingerprint density at radius 1 is 1.00 bits per heavy atom. The molecule has 0 atom stereocenters. The lowest BCUT2D eigenvalue weighted by atomic mass is 10.00. The van der Waals surface area contributed by atoms with E-state index in [1.54, 1.807) is 12.1 Å². The zero-order chi connectivity index (χ0) is 29.8. The number of para-hydroxylation sites is 1. The molecular formula is C32H27FN4O4S. The second-order valence-electron chi connectivity index (χ2n) is 10.2. The lowest BCUT2D eigenvalue weighted by molar-refractivity contribution is 0.0964. The number of halogens is 1. The van der Waals surface area contributed by atoms with Gasteiger partial charge < -0.3 is 14.7 Å². The average molecular weight is 583 g/mol. The standard InChI is InChI=1S/C32H27FN4O4S/c1-18-13-25(36-26(14-18)27-15-20-7-5-6-8-24(20)35-27)22-16-23-29(17-28(22)37(3)42(4,39)40)41-31(30(23)32(38)34-2)19-9-11-21(33)12-10-19/h5-17,35H,1-4H3,(H,34,38). The zero-order valence-corrected chi connectivity index (χ0v) is 24.1. The number of nitrogens with one attached hydrogen (secondary N) is 2. The number of amides is 1. The highest BCUT2D eigenvalue weighted by molar-refractivity contribution is 7.92. The van der Waals surface area contributed by atoms with Crippen LogP contribution in [0, 0.1) is 12.7 Å². The largest absolute Gasteiger partial charge is 0.455 e. The fourth-order valence-corrected chi connectivity index (χ4v) is 5.59. The molecule has 0 unspecified atom stereocenters. The number of aryl methyl sites for hydroxylation is 1. The third kappa shape index (κ3) is 4.79. The number of benzene rings is 3. The fourth-order valence-electron chi connectivity index (χ4n) is 5.09. The summed E-state index contributed by atoms with van der Waals surface area (Å²) >= 11 is 0. The van der Waals surface area contributed by atoms with E-state index in [0.29, 0.717) is 39.2 Å². The quantitative estimate of drug-likeness (QED) is 0.233. The maximum Gasteiger partial charge on any atom is 0.255 e. The minimum atomic E-state index is -3.69. The maximum absolute atomic E-state index is 13.7. The van der Waals surface area contributed by atoms with Crippen LogP contribution in [-0.2, 0) is 10.0 Å². The number of aromatic nitrogens is 2. The number of H-pyrrole nitrogens is 1. The molecule has 6 rings (SSSR count). The van der Waals surface area contributed by atoms with Gasteiger partial charge in [0.2, 0.25) is 10.0 Å². The van der Waals surface area contributed by atoms with Gasteiger partial charge in [-0.05, 0) is 67.1 Å². The summed E-state index contributed by atoms with van der Waals surface area (Å²) in [4.78, 5) is 21.5. The van der Waals surface area contributed by atoms with E-state index < -0.39 is 21.7 Å². The van der Waals surface area contributed by atoms with Gasteiger partial charge in [-0.1, -0.05) is 18.2 Å². The van der Waals surface area contributed by atoms with Crippen LogP contribution in [0.5, 0.6) is 0 Å². The molecule has 2 N–H and O–H groups in total. The van der Waals surface area contributed by atoms with E-state index in [1.807, 2.05) is 49.4 Å². The van der Waals surface area contributed by atoms with Crippen molar-refractivity contribution in [3.63, 3.8) is 0 Å². The normalized spacial score (nSPS) is 11.7. The Kier molecular flexibility index (Phi) is 6.58. The number of sulfonamides is 1. The smallest absolute Gasteiger partial charge is 0.255 e. The van der Waals surface area contributed by atoms with E-state index >= 15 is 0 Å². The third-order valence-electron chi connectivity index (χ3n) is 7.26. The van der Waals surface area contributed by atoms with Gasteiger partial charge in [-0.25, -0.2) is 17.8 Å². The molecular weight excluding hydrogens is 555 g/mol. The van der Waals surface area contributed by atoms with Gasteiger partial charge in [-0.3, -0.25) is 9.10 Å². The predicted octanol–water partition coefficient (Wildman–Crippen LogP) is 6.51. The summed E-state index contributed by atoms with van der Waals surface area (Å²) in [6.07, 6.45) is 1.11. The lowest BCUT2D eigenvalue weighted by Gasteiger charge is -2.20. The van der Waals surface area contributed by atoms with Crippen LogP contribution in [0.4, 0.5) is 10.1 Å². The first-order chi connectivity index (χ1) is 20.0. The topological polar surface area (TPSA) is 108 Å². The molecule has 0 spiro atoms. The van der Waals surface area contributed by atoms with Crippen LogP contribution in [0.15, 0.2) is 83.3 Å². The number of furan rings is 1. The van der Waals surface area contributed by atoms with E-state index in [2.05, 4.69) is 10.3 Å². The van der Waals surface area contributed by atoms with Crippen LogP contribution >= 0.6 is 0 Å². The summed E-state index contributed by atoms with van der Waals surface area (Å²) < 4.78 is 46.5. The van der Waals surface area contributed by atoms with E-state index in [1.165, 1.54) is 38.4 Å². The van der Waals surface area contributed by atoms with Gasteiger partial charge in [-0.2, -0.15) is 0 Å². The molecule has 3 aromatic carbocycles. The maximum atomic E-state index is 13.7. The Labute approximate surface area is 241 Å². The van der Waals surface area contributed by atoms with Crippen molar-refractivity contribution in [1.82, 2.24) is 15.3 Å². The molecule has 10 heteroatoms. The summed E-state index contributed by atoms with van der Waals surface area (Å²) in [6, 6.07) is 22.7.